The van der Waals surface area contributed by atoms with Crippen molar-refractivity contribution in [1.82, 2.24) is 15.3 Å². The minimum Gasteiger partial charge on any atom is -0.310 e. The summed E-state index contributed by atoms with van der Waals surface area (Å²) >= 11 is 5.02. The molecule has 0 spiro atoms. The first-order chi connectivity index (χ1) is 9.70. The second-order valence-electron chi connectivity index (χ2n) is 4.76. The summed E-state index contributed by atoms with van der Waals surface area (Å²) < 4.78 is 1.02. The molecule has 1 saturated carbocycles. The van der Waals surface area contributed by atoms with E-state index in [1.807, 2.05) is 6.07 Å². The topological polar surface area (TPSA) is 57.8 Å². The highest BCUT2D eigenvalue weighted by atomic mass is 79.9. The van der Waals surface area contributed by atoms with Gasteiger partial charge < -0.3 is 10.3 Å². The van der Waals surface area contributed by atoms with Gasteiger partial charge in [-0.1, -0.05) is 17.8 Å². The van der Waals surface area contributed by atoms with E-state index in [1.165, 1.54) is 42.4 Å². The number of rotatable bonds is 5. The van der Waals surface area contributed by atoms with Crippen LogP contribution >= 0.6 is 27.7 Å². The van der Waals surface area contributed by atoms with Crippen molar-refractivity contribution in [3.63, 3.8) is 0 Å². The second-order valence-corrected chi connectivity index (χ2v) is 6.65. The Morgan fingerprint density at radius 3 is 2.95 bits per heavy atom. The van der Waals surface area contributed by atoms with Gasteiger partial charge in [-0.15, -0.1) is 0 Å². The molecule has 1 heterocycles. The second kappa shape index (κ2) is 6.11. The first-order valence-electron chi connectivity index (χ1n) is 6.46. The molecule has 1 aliphatic carbocycles. The van der Waals surface area contributed by atoms with Gasteiger partial charge in [-0.25, -0.2) is 4.98 Å². The fourth-order valence-corrected chi connectivity index (χ4v) is 3.23. The minimum absolute atomic E-state index is 0.135. The largest absolute Gasteiger partial charge is 0.310 e. The molecule has 1 fully saturated rings. The molecule has 3 rings (SSSR count). The Hall–Kier alpha value is -1.11. The zero-order valence-corrected chi connectivity index (χ0v) is 13.1. The molecule has 2 N–H and O–H groups in total. The normalized spacial score (nSPS) is 14.4. The van der Waals surface area contributed by atoms with E-state index in [2.05, 4.69) is 43.3 Å². The maximum Gasteiger partial charge on any atom is 0.251 e. The molecule has 1 aromatic carbocycles. The summed E-state index contributed by atoms with van der Waals surface area (Å²) in [4.78, 5) is 19.1. The summed E-state index contributed by atoms with van der Waals surface area (Å²) in [6, 6.07) is 8.38. The van der Waals surface area contributed by atoms with E-state index in [-0.39, 0.29) is 5.56 Å². The highest BCUT2D eigenvalue weighted by molar-refractivity contribution is 9.10. The zero-order chi connectivity index (χ0) is 13.9. The third-order valence-corrected chi connectivity index (χ3v) is 4.92. The fraction of sp³-hybridized carbons (Fsp3) is 0.286. The highest BCUT2D eigenvalue weighted by Gasteiger charge is 2.20. The van der Waals surface area contributed by atoms with Gasteiger partial charge in [0.15, 0.2) is 5.16 Å². The lowest BCUT2D eigenvalue weighted by Gasteiger charge is -2.07. The van der Waals surface area contributed by atoms with Crippen molar-refractivity contribution < 1.29 is 0 Å². The molecule has 6 heteroatoms. The summed E-state index contributed by atoms with van der Waals surface area (Å²) in [5.41, 5.74) is 1.12. The summed E-state index contributed by atoms with van der Waals surface area (Å²) in [6.07, 6.45) is 4.10. The molecule has 0 aliphatic heterocycles. The van der Waals surface area contributed by atoms with Crippen molar-refractivity contribution in [2.24, 2.45) is 0 Å². The zero-order valence-electron chi connectivity index (χ0n) is 10.7. The predicted octanol–water partition coefficient (Wildman–Crippen LogP) is 2.94. The lowest BCUT2D eigenvalue weighted by Crippen LogP contribution is -2.15. The fourth-order valence-electron chi connectivity index (χ4n) is 1.79. The molecule has 1 aliphatic rings. The van der Waals surface area contributed by atoms with Gasteiger partial charge >= 0.3 is 0 Å². The van der Waals surface area contributed by atoms with E-state index in [1.54, 1.807) is 0 Å². The first kappa shape index (κ1) is 13.9. The van der Waals surface area contributed by atoms with Crippen LogP contribution in [0.15, 0.2) is 49.8 Å². The molecule has 0 unspecified atom stereocenters. The molecular formula is C14H14BrN3OS. The molecule has 0 radical (unpaired) electrons. The van der Waals surface area contributed by atoms with Crippen LogP contribution in [0.1, 0.15) is 18.4 Å². The van der Waals surface area contributed by atoms with Crippen molar-refractivity contribution in [2.45, 2.75) is 35.5 Å². The van der Waals surface area contributed by atoms with E-state index in [9.17, 15) is 4.79 Å². The number of aromatic amines is 1. The van der Waals surface area contributed by atoms with Crippen molar-refractivity contribution in [3.8, 4) is 0 Å². The van der Waals surface area contributed by atoms with Gasteiger partial charge in [-0.3, -0.25) is 4.79 Å². The summed E-state index contributed by atoms with van der Waals surface area (Å²) in [6.45, 7) is 0.897. The van der Waals surface area contributed by atoms with Crippen LogP contribution in [0, 0.1) is 0 Å². The number of nitrogens with zero attached hydrogens (tertiary/aromatic N) is 1. The van der Waals surface area contributed by atoms with E-state index in [0.29, 0.717) is 11.2 Å². The molecule has 0 bridgehead atoms. The summed E-state index contributed by atoms with van der Waals surface area (Å²) in [5, 5.41) is 4.09. The average Bonchev–Trinajstić information content (AvgIpc) is 3.23. The molecule has 0 atom stereocenters. The van der Waals surface area contributed by atoms with Crippen LogP contribution in [0.25, 0.3) is 0 Å². The molecule has 0 saturated heterocycles. The van der Waals surface area contributed by atoms with Crippen LogP contribution in [-0.2, 0) is 6.54 Å². The highest BCUT2D eigenvalue weighted by Crippen LogP contribution is 2.32. The number of hydrogen-bond donors (Lipinski definition) is 2. The van der Waals surface area contributed by atoms with Gasteiger partial charge in [0.1, 0.15) is 0 Å². The quantitative estimate of drug-likeness (QED) is 0.813. The van der Waals surface area contributed by atoms with Gasteiger partial charge in [0.2, 0.25) is 0 Å². The van der Waals surface area contributed by atoms with Gasteiger partial charge in [0.05, 0.1) is 0 Å². The number of H-pyrrole nitrogens is 1. The minimum atomic E-state index is -0.135. The summed E-state index contributed by atoms with van der Waals surface area (Å²) in [7, 11) is 0. The van der Waals surface area contributed by atoms with Gasteiger partial charge in [-0.2, -0.15) is 0 Å². The lowest BCUT2D eigenvalue weighted by molar-refractivity contribution is 0.687. The lowest BCUT2D eigenvalue weighted by atomic mass is 10.2. The molecule has 1 aromatic heterocycles. The van der Waals surface area contributed by atoms with Crippen LogP contribution in [0.5, 0.6) is 0 Å². The van der Waals surface area contributed by atoms with Crippen molar-refractivity contribution in [3.05, 3.63) is 50.9 Å². The standard InChI is InChI=1S/C14H14BrN3OS/c15-11-7-9(8-17-10-2-3-10)1-4-12(11)20-14-16-6-5-13(19)18-14/h1,4-7,10,17H,2-3,8H2,(H,16,18,19). The molecule has 4 nitrogen and oxygen atoms in total. The smallest absolute Gasteiger partial charge is 0.251 e. The van der Waals surface area contributed by atoms with Crippen LogP contribution in [0.2, 0.25) is 0 Å². The Balaban J connectivity index is 1.71. The van der Waals surface area contributed by atoms with Gasteiger partial charge in [0, 0.05) is 34.2 Å². The van der Waals surface area contributed by atoms with Gasteiger partial charge in [-0.05, 0) is 46.5 Å². The number of aromatic nitrogens is 2. The van der Waals surface area contributed by atoms with Crippen LogP contribution in [0.3, 0.4) is 0 Å². The predicted molar refractivity (Wildman–Crippen MR) is 83.0 cm³/mol. The van der Waals surface area contributed by atoms with E-state index >= 15 is 0 Å². The Kier molecular flexibility index (Phi) is 4.24. The molecule has 0 amide bonds. The van der Waals surface area contributed by atoms with E-state index in [0.717, 1.165) is 15.9 Å². The monoisotopic (exact) mass is 351 g/mol. The first-order valence-corrected chi connectivity index (χ1v) is 8.06. The maximum absolute atomic E-state index is 11.2. The van der Waals surface area contributed by atoms with Gasteiger partial charge in [0.25, 0.3) is 5.56 Å². The van der Waals surface area contributed by atoms with Crippen molar-refractivity contribution >= 4 is 27.7 Å². The number of hydrogen-bond acceptors (Lipinski definition) is 4. The number of nitrogens with one attached hydrogen (secondary N) is 2. The molecule has 2 aromatic rings. The van der Waals surface area contributed by atoms with Crippen LogP contribution in [-0.4, -0.2) is 16.0 Å². The molecule has 20 heavy (non-hydrogen) atoms. The van der Waals surface area contributed by atoms with E-state index < -0.39 is 0 Å². The maximum atomic E-state index is 11.2. The van der Waals surface area contributed by atoms with Crippen LogP contribution < -0.4 is 10.9 Å². The summed E-state index contributed by atoms with van der Waals surface area (Å²) in [5.74, 6) is 0. The Morgan fingerprint density at radius 2 is 2.25 bits per heavy atom. The molecular weight excluding hydrogens is 338 g/mol. The third-order valence-electron chi connectivity index (χ3n) is 3.02. The van der Waals surface area contributed by atoms with E-state index in [4.69, 9.17) is 0 Å². The Labute approximate surface area is 129 Å². The Morgan fingerprint density at radius 1 is 1.40 bits per heavy atom. The SMILES string of the molecule is O=c1ccnc(Sc2ccc(CNC3CC3)cc2Br)[nH]1. The number of benzene rings is 1. The van der Waals surface area contributed by atoms with Crippen LogP contribution in [0.4, 0.5) is 0 Å². The molecule has 104 valence electrons. The van der Waals surface area contributed by atoms with Crippen molar-refractivity contribution in [1.29, 1.82) is 0 Å². The van der Waals surface area contributed by atoms with Crippen molar-refractivity contribution in [2.75, 3.05) is 0 Å². The average molecular weight is 352 g/mol. The Bertz CT molecular complexity index is 669. The third kappa shape index (κ3) is 3.71. The number of halogens is 1.